The molecule has 1 aliphatic heterocycles. The number of benzene rings is 3. The van der Waals surface area contributed by atoms with Crippen molar-refractivity contribution in [1.29, 1.82) is 0 Å². The van der Waals surface area contributed by atoms with Crippen molar-refractivity contribution in [1.82, 2.24) is 9.47 Å². The first-order valence-corrected chi connectivity index (χ1v) is 14.1. The van der Waals surface area contributed by atoms with Gasteiger partial charge in [-0.1, -0.05) is 30.3 Å². The number of methoxy groups -OCH3 is 1. The Morgan fingerprint density at radius 1 is 0.860 bits per heavy atom. The average molecular weight is 603 g/mol. The van der Waals surface area contributed by atoms with E-state index < -0.39 is 23.5 Å². The predicted molar refractivity (Wildman–Crippen MR) is 152 cm³/mol. The highest BCUT2D eigenvalue weighted by molar-refractivity contribution is 5.89. The lowest BCUT2D eigenvalue weighted by atomic mass is 9.95. The number of para-hydroxylation sites is 1. The summed E-state index contributed by atoms with van der Waals surface area (Å²) in [4.78, 5) is 13.7. The SMILES string of the molecule is COC(=O)c1ccc(Cc2c(C)n(CC3CCN(Cc4cc(C(F)(F)F)cc(C(F)(F)F)c4)CC3)c3ccccc23)cc1. The zero-order valence-electron chi connectivity index (χ0n) is 23.9. The second kappa shape index (κ2) is 12.1. The first-order valence-electron chi connectivity index (χ1n) is 14.1. The number of esters is 1. The highest BCUT2D eigenvalue weighted by Gasteiger charge is 2.37. The van der Waals surface area contributed by atoms with Gasteiger partial charge in [-0.25, -0.2) is 4.79 Å². The first kappa shape index (κ1) is 30.7. The van der Waals surface area contributed by atoms with Crippen molar-refractivity contribution in [3.05, 3.63) is 106 Å². The van der Waals surface area contributed by atoms with Gasteiger partial charge >= 0.3 is 18.3 Å². The highest BCUT2D eigenvalue weighted by atomic mass is 19.4. The van der Waals surface area contributed by atoms with E-state index in [1.807, 2.05) is 29.2 Å². The summed E-state index contributed by atoms with van der Waals surface area (Å²) in [5, 5.41) is 1.15. The van der Waals surface area contributed by atoms with Gasteiger partial charge in [-0.3, -0.25) is 4.90 Å². The van der Waals surface area contributed by atoms with Crippen LogP contribution in [0.3, 0.4) is 0 Å². The molecule has 43 heavy (non-hydrogen) atoms. The van der Waals surface area contributed by atoms with Crippen molar-refractivity contribution in [3.63, 3.8) is 0 Å². The highest BCUT2D eigenvalue weighted by Crippen LogP contribution is 2.37. The van der Waals surface area contributed by atoms with Gasteiger partial charge in [0.2, 0.25) is 0 Å². The van der Waals surface area contributed by atoms with E-state index in [0.29, 0.717) is 31.0 Å². The van der Waals surface area contributed by atoms with Crippen molar-refractivity contribution in [2.75, 3.05) is 20.2 Å². The maximum absolute atomic E-state index is 13.3. The Hall–Kier alpha value is -3.79. The third-order valence-electron chi connectivity index (χ3n) is 8.32. The normalized spacial score (nSPS) is 15.3. The molecule has 0 unspecified atom stereocenters. The number of halogens is 6. The van der Waals surface area contributed by atoms with Gasteiger partial charge < -0.3 is 9.30 Å². The van der Waals surface area contributed by atoms with E-state index in [-0.39, 0.29) is 24.1 Å². The molecule has 1 saturated heterocycles. The van der Waals surface area contributed by atoms with Crippen LogP contribution in [0.2, 0.25) is 0 Å². The Labute approximate surface area is 245 Å². The minimum absolute atomic E-state index is 0.0112. The monoisotopic (exact) mass is 602 g/mol. The fraction of sp³-hybridized carbons (Fsp3) is 0.364. The molecule has 4 nitrogen and oxygen atoms in total. The lowest BCUT2D eigenvalue weighted by Gasteiger charge is -2.33. The quantitative estimate of drug-likeness (QED) is 0.158. The predicted octanol–water partition coefficient (Wildman–Crippen LogP) is 8.28. The number of piperidine rings is 1. The Balaban J connectivity index is 1.29. The van der Waals surface area contributed by atoms with Crippen LogP contribution in [0.4, 0.5) is 26.3 Å². The second-order valence-corrected chi connectivity index (χ2v) is 11.2. The average Bonchev–Trinajstić information content (AvgIpc) is 3.23. The Morgan fingerprint density at radius 3 is 2.05 bits per heavy atom. The van der Waals surface area contributed by atoms with Crippen LogP contribution in [0.15, 0.2) is 66.7 Å². The summed E-state index contributed by atoms with van der Waals surface area (Å²) in [6.45, 7) is 4.06. The van der Waals surface area contributed by atoms with E-state index in [4.69, 9.17) is 4.74 Å². The smallest absolute Gasteiger partial charge is 0.416 e. The molecule has 0 radical (unpaired) electrons. The number of ether oxygens (including phenoxy) is 1. The van der Waals surface area contributed by atoms with Crippen LogP contribution in [0.1, 0.15) is 56.7 Å². The molecule has 0 amide bonds. The van der Waals surface area contributed by atoms with Crippen molar-refractivity contribution in [3.8, 4) is 0 Å². The van der Waals surface area contributed by atoms with Crippen LogP contribution in [0.25, 0.3) is 10.9 Å². The number of hydrogen-bond donors (Lipinski definition) is 0. The minimum atomic E-state index is -4.86. The van der Waals surface area contributed by atoms with E-state index in [9.17, 15) is 31.1 Å². The molecule has 1 aromatic heterocycles. The summed E-state index contributed by atoms with van der Waals surface area (Å²) in [5.74, 6) is -0.0727. The Bertz CT molecular complexity index is 1560. The van der Waals surface area contributed by atoms with Crippen LogP contribution in [0, 0.1) is 12.8 Å². The van der Waals surface area contributed by atoms with Crippen LogP contribution in [-0.2, 0) is 36.6 Å². The summed E-state index contributed by atoms with van der Waals surface area (Å²) in [6.07, 6.45) is -7.46. The summed E-state index contributed by atoms with van der Waals surface area (Å²) in [7, 11) is 1.35. The first-order chi connectivity index (χ1) is 20.3. The largest absolute Gasteiger partial charge is 0.465 e. The standard InChI is InChI=1S/C33H32F6N2O2/c1-21-29(17-22-7-9-25(10-8-22)31(42)43-2)28-5-3-4-6-30(28)41(21)20-23-11-13-40(14-12-23)19-24-15-26(32(34,35)36)18-27(16-24)33(37,38)39/h3-10,15-16,18,23H,11-14,17,19-20H2,1-2H3. The molecule has 228 valence electrons. The van der Waals surface area contributed by atoms with Crippen LogP contribution >= 0.6 is 0 Å². The number of fused-ring (bicyclic) bond motifs is 1. The number of rotatable bonds is 7. The van der Waals surface area contributed by atoms with Crippen molar-refractivity contribution < 1.29 is 35.9 Å². The topological polar surface area (TPSA) is 34.5 Å². The van der Waals surface area contributed by atoms with Gasteiger partial charge in [0.25, 0.3) is 0 Å². The number of carbonyl (C=O) groups excluding carboxylic acids is 1. The number of nitrogens with zero attached hydrogens (tertiary/aromatic N) is 2. The summed E-state index contributed by atoms with van der Waals surface area (Å²) in [5.41, 5.74) is 2.47. The molecule has 0 spiro atoms. The molecule has 3 aromatic carbocycles. The molecule has 1 aliphatic rings. The molecule has 0 bridgehead atoms. The molecule has 5 rings (SSSR count). The number of likely N-dealkylation sites (tertiary alicyclic amines) is 1. The molecule has 4 aromatic rings. The van der Waals surface area contributed by atoms with Crippen molar-refractivity contribution in [2.24, 2.45) is 5.92 Å². The van der Waals surface area contributed by atoms with Crippen LogP contribution in [0.5, 0.6) is 0 Å². The van der Waals surface area contributed by atoms with E-state index in [1.165, 1.54) is 12.7 Å². The number of hydrogen-bond acceptors (Lipinski definition) is 3. The molecule has 0 N–H and O–H groups in total. The lowest BCUT2D eigenvalue weighted by molar-refractivity contribution is -0.143. The van der Waals surface area contributed by atoms with Gasteiger partial charge in [0, 0.05) is 29.7 Å². The van der Waals surface area contributed by atoms with Gasteiger partial charge in [-0.05, 0) is 98.3 Å². The number of aromatic nitrogens is 1. The molecular weight excluding hydrogens is 570 g/mol. The molecule has 1 fully saturated rings. The number of alkyl halides is 6. The lowest BCUT2D eigenvalue weighted by Crippen LogP contribution is -2.34. The number of carbonyl (C=O) groups is 1. The van der Waals surface area contributed by atoms with Crippen LogP contribution in [-0.4, -0.2) is 35.6 Å². The molecular formula is C33H32F6N2O2. The summed E-state index contributed by atoms with van der Waals surface area (Å²) < 4.78 is 86.9. The molecule has 0 saturated carbocycles. The van der Waals surface area contributed by atoms with Crippen molar-refractivity contribution >= 4 is 16.9 Å². The zero-order chi connectivity index (χ0) is 30.9. The minimum Gasteiger partial charge on any atom is -0.465 e. The molecule has 0 aliphatic carbocycles. The maximum Gasteiger partial charge on any atom is 0.416 e. The summed E-state index contributed by atoms with van der Waals surface area (Å²) >= 11 is 0. The maximum atomic E-state index is 13.3. The fourth-order valence-corrected chi connectivity index (χ4v) is 6.00. The van der Waals surface area contributed by atoms with E-state index in [2.05, 4.69) is 23.6 Å². The summed E-state index contributed by atoms with van der Waals surface area (Å²) in [6, 6.07) is 17.4. The Morgan fingerprint density at radius 2 is 1.47 bits per heavy atom. The van der Waals surface area contributed by atoms with E-state index in [1.54, 1.807) is 12.1 Å². The third kappa shape index (κ3) is 6.90. The molecule has 0 atom stereocenters. The van der Waals surface area contributed by atoms with Crippen molar-refractivity contribution in [2.45, 2.75) is 51.6 Å². The Kier molecular flexibility index (Phi) is 8.61. The van der Waals surface area contributed by atoms with Gasteiger partial charge in [0.15, 0.2) is 0 Å². The zero-order valence-corrected chi connectivity index (χ0v) is 23.9. The molecule has 10 heteroatoms. The van der Waals surface area contributed by atoms with Gasteiger partial charge in [-0.15, -0.1) is 0 Å². The van der Waals surface area contributed by atoms with Gasteiger partial charge in [-0.2, -0.15) is 26.3 Å². The van der Waals surface area contributed by atoms with Gasteiger partial charge in [0.05, 0.1) is 23.8 Å². The van der Waals surface area contributed by atoms with Crippen LogP contribution < -0.4 is 0 Å². The van der Waals surface area contributed by atoms with Gasteiger partial charge in [0.1, 0.15) is 0 Å². The molecule has 2 heterocycles. The third-order valence-corrected chi connectivity index (χ3v) is 8.32. The van der Waals surface area contributed by atoms with E-state index in [0.717, 1.165) is 53.7 Å². The second-order valence-electron chi connectivity index (χ2n) is 11.2. The van der Waals surface area contributed by atoms with E-state index >= 15 is 0 Å². The fourth-order valence-electron chi connectivity index (χ4n) is 6.00.